The highest BCUT2D eigenvalue weighted by Gasteiger charge is 2.27. The second-order valence-corrected chi connectivity index (χ2v) is 5.58. The Balaban J connectivity index is 2.52. The monoisotopic (exact) mass is 283 g/mol. The number of aromatic nitrogens is 3. The molecule has 0 fully saturated rings. The average Bonchev–Trinajstić information content (AvgIpc) is 2.84. The average molecular weight is 283 g/mol. The Morgan fingerprint density at radius 2 is 2.05 bits per heavy atom. The molecule has 0 amide bonds. The number of hydrogen-bond donors (Lipinski definition) is 0. The molecule has 2 heterocycles. The molecule has 0 aliphatic heterocycles. The maximum atomic E-state index is 12.1. The van der Waals surface area contributed by atoms with E-state index in [4.69, 9.17) is 4.74 Å². The lowest BCUT2D eigenvalue weighted by Crippen LogP contribution is -2.29. The van der Waals surface area contributed by atoms with Crippen LogP contribution in [0.4, 0.5) is 4.79 Å². The summed E-state index contributed by atoms with van der Waals surface area (Å²) in [4.78, 5) is 23.8. The minimum absolute atomic E-state index is 0.0768. The van der Waals surface area contributed by atoms with Crippen LogP contribution in [0.25, 0.3) is 10.3 Å². The van der Waals surface area contributed by atoms with Crippen molar-refractivity contribution >= 4 is 33.9 Å². The summed E-state index contributed by atoms with van der Waals surface area (Å²) in [5, 5.41) is 3.83. The largest absolute Gasteiger partial charge is 0.464 e. The number of ether oxygens (including phenoxy) is 2. The van der Waals surface area contributed by atoms with Gasteiger partial charge in [-0.25, -0.2) is 14.2 Å². The molecule has 19 heavy (non-hydrogen) atoms. The van der Waals surface area contributed by atoms with Gasteiger partial charge in [0, 0.05) is 0 Å². The number of carbonyl (C=O) groups is 2. The van der Waals surface area contributed by atoms with Gasteiger partial charge >= 0.3 is 12.1 Å². The lowest BCUT2D eigenvalue weighted by molar-refractivity contribution is 0.0489. The van der Waals surface area contributed by atoms with Gasteiger partial charge in [0.1, 0.15) is 11.3 Å². The fourth-order valence-electron chi connectivity index (χ4n) is 1.49. The van der Waals surface area contributed by atoms with Gasteiger partial charge in [-0.2, -0.15) is 0 Å². The van der Waals surface area contributed by atoms with Crippen molar-refractivity contribution in [3.8, 4) is 0 Å². The van der Waals surface area contributed by atoms with Crippen molar-refractivity contribution in [1.82, 2.24) is 14.2 Å². The van der Waals surface area contributed by atoms with Gasteiger partial charge in [-0.3, -0.25) is 0 Å². The van der Waals surface area contributed by atoms with E-state index < -0.39 is 17.7 Å². The van der Waals surface area contributed by atoms with Crippen LogP contribution in [0.3, 0.4) is 0 Å². The Kier molecular flexibility index (Phi) is 3.27. The third kappa shape index (κ3) is 2.58. The zero-order valence-corrected chi connectivity index (χ0v) is 11.8. The Morgan fingerprint density at radius 3 is 2.63 bits per heavy atom. The van der Waals surface area contributed by atoms with Crippen LogP contribution >= 0.6 is 11.5 Å². The van der Waals surface area contributed by atoms with Gasteiger partial charge in [0.05, 0.1) is 11.8 Å². The van der Waals surface area contributed by atoms with E-state index in [1.165, 1.54) is 13.2 Å². The van der Waals surface area contributed by atoms with Crippen LogP contribution in [0, 0.1) is 0 Å². The van der Waals surface area contributed by atoms with E-state index in [0.29, 0.717) is 10.3 Å². The van der Waals surface area contributed by atoms with Crippen LogP contribution in [0.2, 0.25) is 0 Å². The van der Waals surface area contributed by atoms with Gasteiger partial charge in [-0.05, 0) is 38.4 Å². The minimum atomic E-state index is -0.685. The Morgan fingerprint density at radius 1 is 1.37 bits per heavy atom. The van der Waals surface area contributed by atoms with Gasteiger partial charge in [0.25, 0.3) is 0 Å². The van der Waals surface area contributed by atoms with Crippen molar-refractivity contribution in [2.45, 2.75) is 26.4 Å². The Labute approximate surface area is 113 Å². The van der Waals surface area contributed by atoms with Crippen molar-refractivity contribution < 1.29 is 19.1 Å². The summed E-state index contributed by atoms with van der Waals surface area (Å²) < 4.78 is 15.3. The predicted molar refractivity (Wildman–Crippen MR) is 68.4 cm³/mol. The Hall–Kier alpha value is -1.96. The quantitative estimate of drug-likeness (QED) is 0.745. The summed E-state index contributed by atoms with van der Waals surface area (Å²) in [6.45, 7) is 5.22. The molecule has 0 unspecified atom stereocenters. The number of esters is 1. The Bertz CT molecular complexity index is 638. The van der Waals surface area contributed by atoms with Gasteiger partial charge < -0.3 is 9.47 Å². The molecule has 8 heteroatoms. The topological polar surface area (TPSA) is 83.3 Å². The maximum absolute atomic E-state index is 12.1. The molecular formula is C11H13N3O4S. The summed E-state index contributed by atoms with van der Waals surface area (Å²) in [6, 6.07) is 1.51. The number of nitrogens with zero attached hydrogens (tertiary/aromatic N) is 3. The summed E-state index contributed by atoms with van der Waals surface area (Å²) in [5.41, 5.74) is -0.308. The number of carbonyl (C=O) groups excluding carboxylic acids is 2. The zero-order chi connectivity index (χ0) is 14.2. The first kappa shape index (κ1) is 13.5. The van der Waals surface area contributed by atoms with E-state index >= 15 is 0 Å². The van der Waals surface area contributed by atoms with Crippen LogP contribution in [0.5, 0.6) is 0 Å². The number of rotatable bonds is 1. The first-order chi connectivity index (χ1) is 8.83. The third-order valence-electron chi connectivity index (χ3n) is 2.19. The third-order valence-corrected chi connectivity index (χ3v) is 2.85. The molecule has 2 aromatic rings. The molecule has 0 aliphatic rings. The van der Waals surface area contributed by atoms with Crippen molar-refractivity contribution in [1.29, 1.82) is 0 Å². The van der Waals surface area contributed by atoms with Gasteiger partial charge in [-0.1, -0.05) is 4.49 Å². The number of fused-ring (bicyclic) bond motifs is 1. The molecule has 2 rings (SSSR count). The van der Waals surface area contributed by atoms with Crippen LogP contribution in [-0.2, 0) is 9.47 Å². The van der Waals surface area contributed by atoms with Crippen molar-refractivity contribution in [2.24, 2.45) is 0 Å². The van der Waals surface area contributed by atoms with Gasteiger partial charge in [0.15, 0.2) is 5.65 Å². The molecule has 2 aromatic heterocycles. The molecule has 0 aromatic carbocycles. The van der Waals surface area contributed by atoms with Crippen LogP contribution in [-0.4, -0.2) is 38.9 Å². The molecule has 0 N–H and O–H groups in total. The van der Waals surface area contributed by atoms with Gasteiger partial charge in [-0.15, -0.1) is 5.10 Å². The van der Waals surface area contributed by atoms with Crippen molar-refractivity contribution in [2.75, 3.05) is 7.11 Å². The summed E-state index contributed by atoms with van der Waals surface area (Å²) >= 11 is 1.09. The molecule has 0 spiro atoms. The SMILES string of the molecule is COC(=O)c1cc2snnc2n1C(=O)OC(C)(C)C. The molecule has 7 nitrogen and oxygen atoms in total. The van der Waals surface area contributed by atoms with E-state index in [0.717, 1.165) is 16.1 Å². The van der Waals surface area contributed by atoms with Crippen molar-refractivity contribution in [3.05, 3.63) is 11.8 Å². The highest BCUT2D eigenvalue weighted by Crippen LogP contribution is 2.23. The second kappa shape index (κ2) is 4.61. The van der Waals surface area contributed by atoms with Crippen LogP contribution < -0.4 is 0 Å². The zero-order valence-electron chi connectivity index (χ0n) is 11.0. The van der Waals surface area contributed by atoms with Crippen LogP contribution in [0.15, 0.2) is 6.07 Å². The first-order valence-corrected chi connectivity index (χ1v) is 6.26. The molecule has 0 bridgehead atoms. The number of hydrogen-bond acceptors (Lipinski definition) is 7. The summed E-state index contributed by atoms with van der Waals surface area (Å²) in [6.07, 6.45) is -0.685. The minimum Gasteiger partial charge on any atom is -0.464 e. The maximum Gasteiger partial charge on any atom is 0.421 e. The van der Waals surface area contributed by atoms with E-state index in [1.54, 1.807) is 20.8 Å². The molecule has 0 saturated carbocycles. The van der Waals surface area contributed by atoms with E-state index in [1.807, 2.05) is 0 Å². The van der Waals surface area contributed by atoms with Gasteiger partial charge in [0.2, 0.25) is 0 Å². The fraction of sp³-hybridized carbons (Fsp3) is 0.455. The molecule has 0 saturated heterocycles. The second-order valence-electron chi connectivity index (χ2n) is 4.80. The molecular weight excluding hydrogens is 270 g/mol. The van der Waals surface area contributed by atoms with E-state index in [9.17, 15) is 9.59 Å². The molecule has 0 aliphatic carbocycles. The first-order valence-electron chi connectivity index (χ1n) is 5.49. The lowest BCUT2D eigenvalue weighted by atomic mass is 10.2. The summed E-state index contributed by atoms with van der Waals surface area (Å²) in [7, 11) is 1.24. The fourth-order valence-corrected chi connectivity index (χ4v) is 2.07. The highest BCUT2D eigenvalue weighted by atomic mass is 32.1. The van der Waals surface area contributed by atoms with E-state index in [2.05, 4.69) is 14.3 Å². The van der Waals surface area contributed by atoms with Crippen LogP contribution in [0.1, 0.15) is 31.3 Å². The van der Waals surface area contributed by atoms with Crippen molar-refractivity contribution in [3.63, 3.8) is 0 Å². The summed E-state index contributed by atoms with van der Waals surface area (Å²) in [5.74, 6) is -0.629. The smallest absolute Gasteiger partial charge is 0.421 e. The normalized spacial score (nSPS) is 11.6. The molecule has 0 radical (unpaired) electrons. The highest BCUT2D eigenvalue weighted by molar-refractivity contribution is 7.12. The molecule has 102 valence electrons. The number of methoxy groups -OCH3 is 1. The lowest BCUT2D eigenvalue weighted by Gasteiger charge is -2.20. The van der Waals surface area contributed by atoms with E-state index in [-0.39, 0.29) is 5.69 Å². The standard InChI is InChI=1S/C11H13N3O4S/c1-11(2,3)18-10(16)14-6(9(15)17-4)5-7-8(14)12-13-19-7/h5H,1-4H3. The predicted octanol–water partition coefficient (Wildman–Crippen LogP) is 2.06. The molecule has 0 atom stereocenters.